The Labute approximate surface area is 322 Å². The molecule has 11 aromatic rings. The van der Waals surface area contributed by atoms with E-state index >= 15 is 0 Å². The molecule has 2 nitrogen and oxygen atoms in total. The van der Waals surface area contributed by atoms with Crippen molar-refractivity contribution in [2.75, 3.05) is 4.90 Å². The van der Waals surface area contributed by atoms with Gasteiger partial charge in [0.05, 0.1) is 16.1 Å². The SMILES string of the molecule is c1ccc(-c2cccc(N(c3ccc(-c4cccc5ccc6oc7ccccc7c6c45)cc3)c3cccc4c3sc3ccccc34)c2-c2ccccc2)cc1. The van der Waals surface area contributed by atoms with Crippen LogP contribution in [0.5, 0.6) is 0 Å². The molecule has 55 heavy (non-hydrogen) atoms. The fraction of sp³-hybridized carbons (Fsp3) is 0. The highest BCUT2D eigenvalue weighted by molar-refractivity contribution is 7.26. The van der Waals surface area contributed by atoms with Crippen molar-refractivity contribution >= 4 is 81.3 Å². The van der Waals surface area contributed by atoms with E-state index in [1.54, 1.807) is 0 Å². The first-order valence-corrected chi connectivity index (χ1v) is 19.5. The molecule has 0 atom stereocenters. The summed E-state index contributed by atoms with van der Waals surface area (Å²) in [4.78, 5) is 2.47. The number of nitrogens with zero attached hydrogens (tertiary/aromatic N) is 1. The average molecular weight is 720 g/mol. The van der Waals surface area contributed by atoms with Crippen LogP contribution in [-0.2, 0) is 0 Å². The van der Waals surface area contributed by atoms with Gasteiger partial charge in [0.2, 0.25) is 0 Å². The van der Waals surface area contributed by atoms with E-state index in [-0.39, 0.29) is 0 Å². The molecule has 0 fully saturated rings. The Bertz CT molecular complexity index is 3190. The van der Waals surface area contributed by atoms with Gasteiger partial charge in [0.15, 0.2) is 0 Å². The maximum absolute atomic E-state index is 6.34. The largest absolute Gasteiger partial charge is 0.456 e. The molecule has 9 aromatic carbocycles. The Morgan fingerprint density at radius 1 is 0.382 bits per heavy atom. The number of para-hydroxylation sites is 1. The van der Waals surface area contributed by atoms with E-state index in [2.05, 4.69) is 199 Å². The maximum atomic E-state index is 6.34. The van der Waals surface area contributed by atoms with Crippen molar-refractivity contribution in [3.63, 3.8) is 0 Å². The Kier molecular flexibility index (Phi) is 7.39. The predicted octanol–water partition coefficient (Wildman–Crippen LogP) is 15.6. The van der Waals surface area contributed by atoms with E-state index in [0.29, 0.717) is 0 Å². The van der Waals surface area contributed by atoms with Gasteiger partial charge < -0.3 is 9.32 Å². The summed E-state index contributed by atoms with van der Waals surface area (Å²) < 4.78 is 8.89. The molecule has 0 saturated heterocycles. The fourth-order valence-electron chi connectivity index (χ4n) is 8.43. The lowest BCUT2D eigenvalue weighted by atomic mass is 9.92. The molecule has 0 N–H and O–H groups in total. The van der Waals surface area contributed by atoms with Crippen molar-refractivity contribution in [1.29, 1.82) is 0 Å². The average Bonchev–Trinajstić information content (AvgIpc) is 3.84. The first-order chi connectivity index (χ1) is 27.3. The van der Waals surface area contributed by atoms with E-state index in [4.69, 9.17) is 4.42 Å². The van der Waals surface area contributed by atoms with Gasteiger partial charge in [-0.05, 0) is 75.7 Å². The molecule has 0 unspecified atom stereocenters. The van der Waals surface area contributed by atoms with Gasteiger partial charge in [-0.1, -0.05) is 158 Å². The van der Waals surface area contributed by atoms with Crippen LogP contribution in [0.4, 0.5) is 17.1 Å². The Morgan fingerprint density at radius 2 is 1.02 bits per heavy atom. The van der Waals surface area contributed by atoms with Crippen LogP contribution in [0.2, 0.25) is 0 Å². The van der Waals surface area contributed by atoms with Crippen LogP contribution in [-0.4, -0.2) is 0 Å². The second-order valence-electron chi connectivity index (χ2n) is 14.0. The van der Waals surface area contributed by atoms with Crippen LogP contribution in [0.15, 0.2) is 205 Å². The summed E-state index contributed by atoms with van der Waals surface area (Å²) in [6.07, 6.45) is 0. The number of thiophene rings is 1. The molecule has 0 amide bonds. The zero-order chi connectivity index (χ0) is 36.3. The molecule has 2 heterocycles. The summed E-state index contributed by atoms with van der Waals surface area (Å²) in [6.45, 7) is 0. The summed E-state index contributed by atoms with van der Waals surface area (Å²) in [6, 6.07) is 72.2. The zero-order valence-corrected chi connectivity index (χ0v) is 30.6. The lowest BCUT2D eigenvalue weighted by Crippen LogP contribution is -2.12. The van der Waals surface area contributed by atoms with Gasteiger partial charge in [-0.3, -0.25) is 0 Å². The number of anilines is 3. The zero-order valence-electron chi connectivity index (χ0n) is 29.8. The number of benzene rings is 9. The minimum Gasteiger partial charge on any atom is -0.456 e. The highest BCUT2D eigenvalue weighted by atomic mass is 32.1. The third-order valence-electron chi connectivity index (χ3n) is 10.9. The summed E-state index contributed by atoms with van der Waals surface area (Å²) in [5.74, 6) is 0. The third-order valence-corrected chi connectivity index (χ3v) is 12.1. The van der Waals surface area contributed by atoms with Gasteiger partial charge in [-0.25, -0.2) is 0 Å². The molecule has 0 aliphatic heterocycles. The summed E-state index contributed by atoms with van der Waals surface area (Å²) in [5.41, 5.74) is 12.3. The van der Waals surface area contributed by atoms with Crippen molar-refractivity contribution in [3.8, 4) is 33.4 Å². The highest BCUT2D eigenvalue weighted by Gasteiger charge is 2.23. The number of furan rings is 1. The normalized spacial score (nSPS) is 11.6. The first-order valence-electron chi connectivity index (χ1n) is 18.7. The minimum absolute atomic E-state index is 0.909. The van der Waals surface area contributed by atoms with Crippen LogP contribution < -0.4 is 4.90 Å². The molecule has 258 valence electrons. The highest BCUT2D eigenvalue weighted by Crippen LogP contribution is 2.50. The second-order valence-corrected chi connectivity index (χ2v) is 15.1. The van der Waals surface area contributed by atoms with E-state index in [1.165, 1.54) is 58.8 Å². The summed E-state index contributed by atoms with van der Waals surface area (Å²) in [7, 11) is 0. The Balaban J connectivity index is 1.16. The van der Waals surface area contributed by atoms with Gasteiger partial charge in [0.1, 0.15) is 11.2 Å². The van der Waals surface area contributed by atoms with Crippen molar-refractivity contribution in [2.24, 2.45) is 0 Å². The monoisotopic (exact) mass is 719 g/mol. The summed E-state index contributed by atoms with van der Waals surface area (Å²) in [5, 5.41) is 7.27. The maximum Gasteiger partial charge on any atom is 0.136 e. The summed E-state index contributed by atoms with van der Waals surface area (Å²) >= 11 is 1.86. The smallest absolute Gasteiger partial charge is 0.136 e. The predicted molar refractivity (Wildman–Crippen MR) is 235 cm³/mol. The van der Waals surface area contributed by atoms with E-state index in [9.17, 15) is 0 Å². The molecular weight excluding hydrogens is 687 g/mol. The molecule has 0 aliphatic carbocycles. The number of rotatable bonds is 6. The van der Waals surface area contributed by atoms with Gasteiger partial charge in [0.25, 0.3) is 0 Å². The van der Waals surface area contributed by atoms with Crippen LogP contribution in [0, 0.1) is 0 Å². The van der Waals surface area contributed by atoms with Gasteiger partial charge in [-0.2, -0.15) is 0 Å². The molecule has 2 aromatic heterocycles. The third kappa shape index (κ3) is 5.16. The molecule has 3 heteroatoms. The topological polar surface area (TPSA) is 16.4 Å². The van der Waals surface area contributed by atoms with Crippen LogP contribution in [0.25, 0.3) is 86.3 Å². The van der Waals surface area contributed by atoms with Crippen LogP contribution in [0.3, 0.4) is 0 Å². The molecule has 11 rings (SSSR count). The van der Waals surface area contributed by atoms with Crippen molar-refractivity contribution in [1.82, 2.24) is 0 Å². The lowest BCUT2D eigenvalue weighted by Gasteiger charge is -2.30. The van der Waals surface area contributed by atoms with Gasteiger partial charge in [0, 0.05) is 42.9 Å². The quantitative estimate of drug-likeness (QED) is 0.170. The number of hydrogen-bond acceptors (Lipinski definition) is 3. The lowest BCUT2D eigenvalue weighted by molar-refractivity contribution is 0.669. The molecule has 0 aliphatic rings. The Hall–Kier alpha value is -6.94. The minimum atomic E-state index is 0.909. The molecule has 0 spiro atoms. The van der Waals surface area contributed by atoms with Crippen LogP contribution >= 0.6 is 11.3 Å². The fourth-order valence-corrected chi connectivity index (χ4v) is 9.64. The second kappa shape index (κ2) is 12.9. The standard InChI is InChI=1S/C52H33NOS/c1-3-14-34(15-4-1)39-22-12-24-44(49(39)36-16-5-2-6-17-36)53(45-25-13-23-42-41-19-8-10-27-48(41)55-52(42)45)38-31-28-35(29-32-38)40-21-11-18-37-30-33-47-51(50(37)40)43-20-7-9-26-46(43)54-47/h1-33H. The molecular formula is C52H33NOS. The van der Waals surface area contributed by atoms with Gasteiger partial charge in [-0.15, -0.1) is 11.3 Å². The van der Waals surface area contributed by atoms with Crippen molar-refractivity contribution < 1.29 is 4.42 Å². The first kappa shape index (κ1) is 31.6. The van der Waals surface area contributed by atoms with Crippen molar-refractivity contribution in [3.05, 3.63) is 200 Å². The Morgan fingerprint density at radius 3 is 1.85 bits per heavy atom. The van der Waals surface area contributed by atoms with E-state index in [0.717, 1.165) is 44.6 Å². The molecule has 0 bridgehead atoms. The molecule has 0 radical (unpaired) electrons. The van der Waals surface area contributed by atoms with Gasteiger partial charge >= 0.3 is 0 Å². The molecule has 0 saturated carbocycles. The van der Waals surface area contributed by atoms with Crippen LogP contribution in [0.1, 0.15) is 0 Å². The van der Waals surface area contributed by atoms with Crippen molar-refractivity contribution in [2.45, 2.75) is 0 Å². The number of hydrogen-bond donors (Lipinski definition) is 0. The number of fused-ring (bicyclic) bond motifs is 8. The van der Waals surface area contributed by atoms with E-state index in [1.807, 2.05) is 17.4 Å². The van der Waals surface area contributed by atoms with E-state index < -0.39 is 0 Å².